The van der Waals surface area contributed by atoms with Crippen molar-refractivity contribution in [3.8, 4) is 28.5 Å². The van der Waals surface area contributed by atoms with Crippen LogP contribution in [-0.4, -0.2) is 40.2 Å². The highest BCUT2D eigenvalue weighted by atomic mass is 19.1. The van der Waals surface area contributed by atoms with Gasteiger partial charge in [-0.3, -0.25) is 4.98 Å². The zero-order valence-corrected chi connectivity index (χ0v) is 18.3. The molecule has 34 heavy (non-hydrogen) atoms. The van der Waals surface area contributed by atoms with E-state index in [2.05, 4.69) is 25.3 Å². The van der Waals surface area contributed by atoms with Crippen LogP contribution in [0.4, 0.5) is 10.3 Å². The van der Waals surface area contributed by atoms with E-state index in [1.165, 1.54) is 12.1 Å². The van der Waals surface area contributed by atoms with Gasteiger partial charge in [0.1, 0.15) is 42.8 Å². The summed E-state index contributed by atoms with van der Waals surface area (Å²) in [5.74, 6) is 1.42. The predicted molar refractivity (Wildman–Crippen MR) is 126 cm³/mol. The average molecular weight is 457 g/mol. The van der Waals surface area contributed by atoms with Gasteiger partial charge < -0.3 is 24.5 Å². The molecule has 3 aromatic heterocycles. The molecule has 1 aliphatic rings. The Bertz CT molecular complexity index is 1530. The number of pyridine rings is 1. The standard InChI is InChI=1S/C25H20FN5O3/c1-27-25-30-23-22-20(12-29-23)15-2-3-21-16(8-15)9-19(11-28-21)33-5-4-32-18-7-14(6-17(26)10-18)13-34-24(22)31-25/h2-3,6-12H,4-5,13H2,1H3,(H2,27,29,30,31). The third-order valence-corrected chi connectivity index (χ3v) is 5.62. The SMILES string of the molecule is CNc1nc2c3c(c[nH]c3n1)-c1ccc3ncc(cc3c1)OCCOc1cc(F)cc(c1)CO2. The second kappa shape index (κ2) is 8.18. The Labute approximate surface area is 193 Å². The Hall–Kier alpha value is -4.40. The Morgan fingerprint density at radius 1 is 0.971 bits per heavy atom. The molecule has 5 aromatic rings. The second-order valence-corrected chi connectivity index (χ2v) is 7.89. The van der Waals surface area contributed by atoms with Crippen molar-refractivity contribution < 1.29 is 18.6 Å². The highest BCUT2D eigenvalue weighted by Crippen LogP contribution is 2.36. The summed E-state index contributed by atoms with van der Waals surface area (Å²) >= 11 is 0. The van der Waals surface area contributed by atoms with E-state index in [0.29, 0.717) is 41.1 Å². The number of fused-ring (bicyclic) bond motifs is 5. The van der Waals surface area contributed by atoms with E-state index in [1.807, 2.05) is 30.5 Å². The molecule has 0 spiro atoms. The zero-order valence-electron chi connectivity index (χ0n) is 18.3. The molecule has 170 valence electrons. The molecule has 8 nitrogen and oxygen atoms in total. The lowest BCUT2D eigenvalue weighted by Crippen LogP contribution is -2.09. The van der Waals surface area contributed by atoms with Crippen LogP contribution in [0.5, 0.6) is 17.4 Å². The maximum atomic E-state index is 14.2. The van der Waals surface area contributed by atoms with Crippen LogP contribution in [0.15, 0.2) is 54.9 Å². The first-order valence-corrected chi connectivity index (χ1v) is 10.8. The monoisotopic (exact) mass is 457 g/mol. The van der Waals surface area contributed by atoms with Gasteiger partial charge >= 0.3 is 0 Å². The van der Waals surface area contributed by atoms with Gasteiger partial charge in [-0.2, -0.15) is 9.97 Å². The minimum Gasteiger partial charge on any atom is -0.490 e. The number of hydrogen-bond acceptors (Lipinski definition) is 7. The third-order valence-electron chi connectivity index (χ3n) is 5.62. The Kier molecular flexibility index (Phi) is 4.87. The first-order valence-electron chi connectivity index (χ1n) is 10.8. The molecule has 0 aliphatic carbocycles. The van der Waals surface area contributed by atoms with E-state index in [0.717, 1.165) is 27.4 Å². The van der Waals surface area contributed by atoms with Crippen molar-refractivity contribution in [3.63, 3.8) is 0 Å². The molecular weight excluding hydrogens is 437 g/mol. The van der Waals surface area contributed by atoms with E-state index in [1.54, 1.807) is 19.3 Å². The van der Waals surface area contributed by atoms with Crippen molar-refractivity contribution in [1.29, 1.82) is 0 Å². The highest BCUT2D eigenvalue weighted by Gasteiger charge is 2.17. The van der Waals surface area contributed by atoms with Crippen LogP contribution in [0.25, 0.3) is 33.1 Å². The summed E-state index contributed by atoms with van der Waals surface area (Å²) < 4.78 is 31.9. The van der Waals surface area contributed by atoms with Gasteiger partial charge in [-0.05, 0) is 41.5 Å². The summed E-state index contributed by atoms with van der Waals surface area (Å²) in [6.07, 6.45) is 3.56. The van der Waals surface area contributed by atoms with Gasteiger partial charge in [0.15, 0.2) is 0 Å². The Morgan fingerprint density at radius 3 is 2.74 bits per heavy atom. The number of hydrogen-bond donors (Lipinski definition) is 2. The number of anilines is 1. The van der Waals surface area contributed by atoms with Gasteiger partial charge in [0.25, 0.3) is 0 Å². The van der Waals surface area contributed by atoms with E-state index >= 15 is 0 Å². The van der Waals surface area contributed by atoms with Crippen LogP contribution in [0.3, 0.4) is 0 Å². The predicted octanol–water partition coefficient (Wildman–Crippen LogP) is 4.70. The second-order valence-electron chi connectivity index (χ2n) is 7.89. The van der Waals surface area contributed by atoms with E-state index in [4.69, 9.17) is 14.2 Å². The number of benzene rings is 2. The maximum absolute atomic E-state index is 14.2. The van der Waals surface area contributed by atoms with Gasteiger partial charge in [0.2, 0.25) is 11.8 Å². The third kappa shape index (κ3) is 3.71. The molecule has 0 unspecified atom stereocenters. The molecule has 1 aliphatic heterocycles. The normalized spacial score (nSPS) is 13.4. The van der Waals surface area contributed by atoms with Crippen LogP contribution in [0.2, 0.25) is 0 Å². The average Bonchev–Trinajstić information content (AvgIpc) is 3.28. The molecule has 2 N–H and O–H groups in total. The number of aromatic amines is 1. The largest absolute Gasteiger partial charge is 0.490 e. The highest BCUT2D eigenvalue weighted by molar-refractivity contribution is 5.99. The summed E-state index contributed by atoms with van der Waals surface area (Å²) in [5, 5.41) is 4.62. The van der Waals surface area contributed by atoms with Crippen molar-refractivity contribution in [2.24, 2.45) is 0 Å². The first kappa shape index (κ1) is 20.2. The van der Waals surface area contributed by atoms with Crippen molar-refractivity contribution in [1.82, 2.24) is 19.9 Å². The summed E-state index contributed by atoms with van der Waals surface area (Å²) in [5.41, 5.74) is 3.92. The van der Waals surface area contributed by atoms with Crippen LogP contribution >= 0.6 is 0 Å². The molecule has 0 saturated heterocycles. The topological polar surface area (TPSA) is 94.2 Å². The Morgan fingerprint density at radius 2 is 1.85 bits per heavy atom. The fourth-order valence-corrected chi connectivity index (χ4v) is 4.06. The number of rotatable bonds is 1. The van der Waals surface area contributed by atoms with E-state index < -0.39 is 5.82 Å². The van der Waals surface area contributed by atoms with Crippen molar-refractivity contribution in [3.05, 3.63) is 66.2 Å². The number of H-pyrrole nitrogens is 1. The summed E-state index contributed by atoms with van der Waals surface area (Å²) in [4.78, 5) is 16.8. The smallest absolute Gasteiger partial charge is 0.228 e. The van der Waals surface area contributed by atoms with Gasteiger partial charge in [-0.15, -0.1) is 0 Å². The number of ether oxygens (including phenoxy) is 3. The molecule has 0 amide bonds. The molecular formula is C25H20FN5O3. The molecule has 6 rings (SSSR count). The van der Waals surface area contributed by atoms with Crippen LogP contribution < -0.4 is 19.5 Å². The van der Waals surface area contributed by atoms with E-state index in [-0.39, 0.29) is 13.2 Å². The van der Waals surface area contributed by atoms with Crippen molar-refractivity contribution in [2.75, 3.05) is 25.6 Å². The first-order chi connectivity index (χ1) is 16.7. The van der Waals surface area contributed by atoms with Crippen LogP contribution in [0.1, 0.15) is 5.56 Å². The van der Waals surface area contributed by atoms with E-state index in [9.17, 15) is 4.39 Å². The van der Waals surface area contributed by atoms with Crippen LogP contribution in [0, 0.1) is 5.82 Å². The zero-order chi connectivity index (χ0) is 23.1. The van der Waals surface area contributed by atoms with Crippen molar-refractivity contribution >= 4 is 27.9 Å². The summed E-state index contributed by atoms with van der Waals surface area (Å²) in [7, 11) is 1.74. The number of halogens is 1. The fourth-order valence-electron chi connectivity index (χ4n) is 4.06. The van der Waals surface area contributed by atoms with Gasteiger partial charge in [-0.1, -0.05) is 6.07 Å². The quantitative estimate of drug-likeness (QED) is 0.377. The summed E-state index contributed by atoms with van der Waals surface area (Å²) in [6.45, 7) is 0.654. The molecule has 0 saturated carbocycles. The lowest BCUT2D eigenvalue weighted by atomic mass is 10.0. The minimum absolute atomic E-state index is 0.105. The molecule has 0 atom stereocenters. The van der Waals surface area contributed by atoms with Crippen LogP contribution in [-0.2, 0) is 6.61 Å². The molecule has 2 aromatic carbocycles. The van der Waals surface area contributed by atoms with Gasteiger partial charge in [0.05, 0.1) is 17.1 Å². The lowest BCUT2D eigenvalue weighted by Gasteiger charge is -2.12. The molecule has 0 radical (unpaired) electrons. The lowest BCUT2D eigenvalue weighted by molar-refractivity contribution is 0.216. The minimum atomic E-state index is -0.410. The maximum Gasteiger partial charge on any atom is 0.228 e. The number of nitrogens with zero attached hydrogens (tertiary/aromatic N) is 3. The van der Waals surface area contributed by atoms with Crippen molar-refractivity contribution in [2.45, 2.75) is 6.61 Å². The number of nitrogens with one attached hydrogen (secondary N) is 2. The fraction of sp³-hybridized carbons (Fsp3) is 0.160. The number of aromatic nitrogens is 4. The molecule has 4 heterocycles. The summed E-state index contributed by atoms with van der Waals surface area (Å²) in [6, 6.07) is 12.4. The molecule has 5 bridgehead atoms. The van der Waals surface area contributed by atoms with Gasteiger partial charge in [-0.25, -0.2) is 4.39 Å². The molecule has 9 heteroatoms. The molecule has 0 fully saturated rings. The Balaban J connectivity index is 1.54. The van der Waals surface area contributed by atoms with Gasteiger partial charge in [0, 0.05) is 30.3 Å².